The first-order valence-electron chi connectivity index (χ1n) is 7.47. The van der Waals surface area contributed by atoms with Crippen molar-refractivity contribution in [2.45, 2.75) is 19.1 Å². The number of carbonyl (C=O) groups excluding carboxylic acids is 2. The van der Waals surface area contributed by atoms with E-state index in [0.29, 0.717) is 29.8 Å². The van der Waals surface area contributed by atoms with Gasteiger partial charge >= 0.3 is 6.18 Å². The molecule has 0 spiro atoms. The van der Waals surface area contributed by atoms with Crippen molar-refractivity contribution >= 4 is 11.8 Å². The van der Waals surface area contributed by atoms with E-state index in [4.69, 9.17) is 5.73 Å². The summed E-state index contributed by atoms with van der Waals surface area (Å²) in [6.07, 6.45) is -2.90. The first kappa shape index (κ1) is 17.8. The Bertz CT molecular complexity index is 898. The van der Waals surface area contributed by atoms with Gasteiger partial charge in [0.2, 0.25) is 5.82 Å². The van der Waals surface area contributed by atoms with Crippen molar-refractivity contribution in [3.05, 3.63) is 58.4 Å². The van der Waals surface area contributed by atoms with Gasteiger partial charge in [-0.15, -0.1) is 0 Å². The Morgan fingerprint density at radius 3 is 2.58 bits per heavy atom. The maximum absolute atomic E-state index is 14.0. The first-order chi connectivity index (χ1) is 12.2. The van der Waals surface area contributed by atoms with E-state index in [-0.39, 0.29) is 18.9 Å². The number of benzene rings is 1. The van der Waals surface area contributed by atoms with Gasteiger partial charge in [-0.25, -0.2) is 14.4 Å². The topological polar surface area (TPSA) is 89.2 Å². The molecule has 1 aromatic carbocycles. The zero-order valence-corrected chi connectivity index (χ0v) is 13.2. The summed E-state index contributed by atoms with van der Waals surface area (Å²) < 4.78 is 51.8. The zero-order chi connectivity index (χ0) is 19.1. The summed E-state index contributed by atoms with van der Waals surface area (Å²) in [4.78, 5) is 32.7. The van der Waals surface area contributed by atoms with Crippen LogP contribution in [0.2, 0.25) is 0 Å². The third-order valence-corrected chi connectivity index (χ3v) is 3.98. The fraction of sp³-hybridized carbons (Fsp3) is 0.250. The molecule has 0 fully saturated rings. The fourth-order valence-electron chi connectivity index (χ4n) is 2.63. The molecule has 2 N–H and O–H groups in total. The molecule has 1 aliphatic rings. The van der Waals surface area contributed by atoms with Crippen LogP contribution in [0.1, 0.15) is 37.8 Å². The van der Waals surface area contributed by atoms with Crippen molar-refractivity contribution in [2.24, 2.45) is 5.73 Å². The SMILES string of the molecule is NC(=O)c1ncc2c(n1)CN(C(=O)c1ccc(C(F)(F)F)cc1F)CC2. The van der Waals surface area contributed by atoms with E-state index in [9.17, 15) is 27.2 Å². The Morgan fingerprint density at radius 2 is 1.96 bits per heavy atom. The second-order valence-electron chi connectivity index (χ2n) is 5.70. The minimum absolute atomic E-state index is 0.0303. The van der Waals surface area contributed by atoms with Crippen molar-refractivity contribution in [1.82, 2.24) is 14.9 Å². The van der Waals surface area contributed by atoms with Crippen molar-refractivity contribution in [3.63, 3.8) is 0 Å². The van der Waals surface area contributed by atoms with Crippen LogP contribution in [0.4, 0.5) is 17.6 Å². The number of aromatic nitrogens is 2. The van der Waals surface area contributed by atoms with Gasteiger partial charge < -0.3 is 10.6 Å². The average molecular weight is 368 g/mol. The molecular weight excluding hydrogens is 356 g/mol. The first-order valence-corrected chi connectivity index (χ1v) is 7.47. The molecule has 1 aromatic heterocycles. The molecule has 6 nitrogen and oxygen atoms in total. The van der Waals surface area contributed by atoms with Gasteiger partial charge in [-0.05, 0) is 30.2 Å². The predicted octanol–water partition coefficient (Wildman–Crippen LogP) is 1.93. The largest absolute Gasteiger partial charge is 0.416 e. The molecule has 0 aliphatic carbocycles. The number of alkyl halides is 3. The molecule has 3 rings (SSSR count). The Kier molecular flexibility index (Phi) is 4.34. The third-order valence-electron chi connectivity index (χ3n) is 3.98. The lowest BCUT2D eigenvalue weighted by atomic mass is 10.0. The lowest BCUT2D eigenvalue weighted by molar-refractivity contribution is -0.137. The Hall–Kier alpha value is -3.04. The average Bonchev–Trinajstić information content (AvgIpc) is 2.59. The number of nitrogens with zero attached hydrogens (tertiary/aromatic N) is 3. The second kappa shape index (κ2) is 6.36. The van der Waals surface area contributed by atoms with Crippen LogP contribution in [0.25, 0.3) is 0 Å². The number of primary amides is 1. The number of nitrogens with two attached hydrogens (primary N) is 1. The van der Waals surface area contributed by atoms with Gasteiger partial charge in [-0.1, -0.05) is 0 Å². The van der Waals surface area contributed by atoms with Crippen LogP contribution in [-0.4, -0.2) is 33.2 Å². The normalized spacial score (nSPS) is 14.1. The highest BCUT2D eigenvalue weighted by molar-refractivity contribution is 5.94. The highest BCUT2D eigenvalue weighted by Crippen LogP contribution is 2.30. The van der Waals surface area contributed by atoms with Gasteiger partial charge in [0.25, 0.3) is 11.8 Å². The summed E-state index contributed by atoms with van der Waals surface area (Å²) in [5.74, 6) is -3.05. The van der Waals surface area contributed by atoms with Gasteiger partial charge in [0.15, 0.2) is 0 Å². The summed E-state index contributed by atoms with van der Waals surface area (Å²) in [6, 6.07) is 1.75. The number of rotatable bonds is 2. The minimum atomic E-state index is -4.70. The smallest absolute Gasteiger partial charge is 0.363 e. The van der Waals surface area contributed by atoms with E-state index in [1.165, 1.54) is 11.1 Å². The molecule has 0 radical (unpaired) electrons. The number of amides is 2. The van der Waals surface area contributed by atoms with Gasteiger partial charge in [-0.3, -0.25) is 9.59 Å². The van der Waals surface area contributed by atoms with Crippen molar-refractivity contribution in [3.8, 4) is 0 Å². The second-order valence-corrected chi connectivity index (χ2v) is 5.70. The van der Waals surface area contributed by atoms with Crippen LogP contribution < -0.4 is 5.73 Å². The van der Waals surface area contributed by atoms with Crippen LogP contribution in [0.15, 0.2) is 24.4 Å². The number of carbonyl (C=O) groups is 2. The lowest BCUT2D eigenvalue weighted by Gasteiger charge is -2.28. The fourth-order valence-corrected chi connectivity index (χ4v) is 2.63. The number of halogens is 4. The number of hydrogen-bond acceptors (Lipinski definition) is 4. The predicted molar refractivity (Wildman–Crippen MR) is 80.4 cm³/mol. The van der Waals surface area contributed by atoms with E-state index < -0.39 is 34.9 Å². The van der Waals surface area contributed by atoms with Gasteiger partial charge in [0.05, 0.1) is 23.4 Å². The van der Waals surface area contributed by atoms with E-state index in [1.54, 1.807) is 0 Å². The standard InChI is InChI=1S/C16H12F4N4O2/c17-11-5-9(16(18,19)20)1-2-10(11)15(26)24-4-3-8-6-22-14(13(21)25)23-12(8)7-24/h1-2,5-6H,3-4,7H2,(H2,21,25). The van der Waals surface area contributed by atoms with E-state index in [0.717, 1.165) is 6.07 Å². The van der Waals surface area contributed by atoms with Crippen LogP contribution >= 0.6 is 0 Å². The van der Waals surface area contributed by atoms with Crippen molar-refractivity contribution in [1.29, 1.82) is 0 Å². The maximum atomic E-state index is 14.0. The number of hydrogen-bond donors (Lipinski definition) is 1. The summed E-state index contributed by atoms with van der Waals surface area (Å²) in [5, 5.41) is 0. The maximum Gasteiger partial charge on any atom is 0.416 e. The van der Waals surface area contributed by atoms with E-state index in [1.807, 2.05) is 0 Å². The minimum Gasteiger partial charge on any atom is -0.363 e. The van der Waals surface area contributed by atoms with Crippen molar-refractivity contribution < 1.29 is 27.2 Å². The molecule has 0 unspecified atom stereocenters. The summed E-state index contributed by atoms with van der Waals surface area (Å²) in [7, 11) is 0. The molecule has 0 saturated heterocycles. The molecule has 1 aliphatic heterocycles. The monoisotopic (exact) mass is 368 g/mol. The van der Waals surface area contributed by atoms with Gasteiger partial charge in [0, 0.05) is 12.7 Å². The van der Waals surface area contributed by atoms with E-state index in [2.05, 4.69) is 9.97 Å². The highest BCUT2D eigenvalue weighted by Gasteiger charge is 2.32. The molecule has 2 amide bonds. The third kappa shape index (κ3) is 3.35. The molecular formula is C16H12F4N4O2. The lowest BCUT2D eigenvalue weighted by Crippen LogP contribution is -2.37. The quantitative estimate of drug-likeness (QED) is 0.821. The zero-order valence-electron chi connectivity index (χ0n) is 13.2. The van der Waals surface area contributed by atoms with Crippen LogP contribution in [-0.2, 0) is 19.1 Å². The molecule has 26 heavy (non-hydrogen) atoms. The van der Waals surface area contributed by atoms with E-state index >= 15 is 0 Å². The Labute approximate surface area is 144 Å². The molecule has 2 heterocycles. The van der Waals surface area contributed by atoms with Gasteiger partial charge in [0.1, 0.15) is 5.82 Å². The summed E-state index contributed by atoms with van der Waals surface area (Å²) >= 11 is 0. The molecule has 10 heteroatoms. The molecule has 0 saturated carbocycles. The van der Waals surface area contributed by atoms with Crippen LogP contribution in [0, 0.1) is 5.82 Å². The molecule has 0 bridgehead atoms. The van der Waals surface area contributed by atoms with Crippen LogP contribution in [0.5, 0.6) is 0 Å². The van der Waals surface area contributed by atoms with Crippen molar-refractivity contribution in [2.75, 3.05) is 6.54 Å². The van der Waals surface area contributed by atoms with Gasteiger partial charge in [-0.2, -0.15) is 13.2 Å². The Balaban J connectivity index is 1.86. The summed E-state index contributed by atoms with van der Waals surface area (Å²) in [5.41, 5.74) is 4.58. The summed E-state index contributed by atoms with van der Waals surface area (Å²) in [6.45, 7) is 0.184. The Morgan fingerprint density at radius 1 is 1.23 bits per heavy atom. The molecule has 2 aromatic rings. The van der Waals surface area contributed by atoms with Crippen LogP contribution in [0.3, 0.4) is 0 Å². The highest BCUT2D eigenvalue weighted by atomic mass is 19.4. The molecule has 136 valence electrons. The number of fused-ring (bicyclic) bond motifs is 1. The molecule has 0 atom stereocenters.